The van der Waals surface area contributed by atoms with Gasteiger partial charge in [-0.2, -0.15) is 0 Å². The van der Waals surface area contributed by atoms with Crippen LogP contribution in [0, 0.1) is 15.5 Å². The van der Waals surface area contributed by atoms with E-state index in [9.17, 15) is 10.1 Å². The first-order valence-electron chi connectivity index (χ1n) is 3.66. The van der Waals surface area contributed by atoms with Crippen LogP contribution >= 0.6 is 0 Å². The Kier molecular flexibility index (Phi) is 2.57. The number of non-ortho nitro benzene ring substituents is 1. The van der Waals surface area contributed by atoms with Crippen LogP contribution in [0.15, 0.2) is 24.3 Å². The highest BCUT2D eigenvalue weighted by Crippen LogP contribution is 2.16. The van der Waals surface area contributed by atoms with E-state index in [0.29, 0.717) is 5.57 Å². The fraction of sp³-hybridized carbons (Fsp3) is 0.111. The van der Waals surface area contributed by atoms with E-state index in [4.69, 9.17) is 5.41 Å². The summed E-state index contributed by atoms with van der Waals surface area (Å²) in [5.74, 6) is 2.23. The molecule has 0 saturated heterocycles. The number of rotatable bonds is 2. The molecule has 1 N–H and O–H groups in total. The van der Waals surface area contributed by atoms with Crippen molar-refractivity contribution in [2.45, 2.75) is 6.92 Å². The van der Waals surface area contributed by atoms with Crippen molar-refractivity contribution in [3.05, 3.63) is 39.9 Å². The molecule has 66 valence electrons. The van der Waals surface area contributed by atoms with Crippen molar-refractivity contribution in [1.29, 1.82) is 5.41 Å². The lowest BCUT2D eigenvalue weighted by Gasteiger charge is -1.96. The summed E-state index contributed by atoms with van der Waals surface area (Å²) in [6.07, 6.45) is 0. The zero-order valence-electron chi connectivity index (χ0n) is 7.07. The van der Waals surface area contributed by atoms with E-state index >= 15 is 0 Å². The number of hydrogen-bond donors (Lipinski definition) is 1. The van der Waals surface area contributed by atoms with Crippen LogP contribution in [0.4, 0.5) is 5.69 Å². The zero-order valence-corrected chi connectivity index (χ0v) is 7.07. The molecular formula is C9H8N2O2. The van der Waals surface area contributed by atoms with Crippen LogP contribution in [0.5, 0.6) is 0 Å². The quantitative estimate of drug-likeness (QED) is 0.426. The second-order valence-corrected chi connectivity index (χ2v) is 2.55. The lowest BCUT2D eigenvalue weighted by molar-refractivity contribution is -0.384. The second-order valence-electron chi connectivity index (χ2n) is 2.55. The molecule has 0 radical (unpaired) electrons. The van der Waals surface area contributed by atoms with Gasteiger partial charge in [0, 0.05) is 17.7 Å². The number of nitro benzene ring substituents is 1. The van der Waals surface area contributed by atoms with Crippen molar-refractivity contribution < 1.29 is 4.92 Å². The molecule has 0 heterocycles. The number of allylic oxidation sites excluding steroid dienone is 1. The van der Waals surface area contributed by atoms with E-state index in [1.807, 2.05) is 0 Å². The molecule has 0 aliphatic rings. The van der Waals surface area contributed by atoms with Gasteiger partial charge in [-0.05, 0) is 30.5 Å². The fourth-order valence-electron chi connectivity index (χ4n) is 0.905. The van der Waals surface area contributed by atoms with Crippen LogP contribution in [0.2, 0.25) is 0 Å². The summed E-state index contributed by atoms with van der Waals surface area (Å²) in [4.78, 5) is 9.85. The topological polar surface area (TPSA) is 67.0 Å². The van der Waals surface area contributed by atoms with Gasteiger partial charge < -0.3 is 0 Å². The average Bonchev–Trinajstić information content (AvgIpc) is 2.17. The van der Waals surface area contributed by atoms with Crippen molar-refractivity contribution in [2.24, 2.45) is 0 Å². The normalized spacial score (nSPS) is 9.00. The minimum atomic E-state index is -0.451. The van der Waals surface area contributed by atoms with E-state index < -0.39 is 4.92 Å². The molecule has 0 saturated carbocycles. The van der Waals surface area contributed by atoms with Crippen LogP contribution in [0.25, 0.3) is 5.57 Å². The maximum atomic E-state index is 10.3. The summed E-state index contributed by atoms with van der Waals surface area (Å²) in [5.41, 5.74) is 1.50. The molecule has 0 unspecified atom stereocenters. The molecule has 0 aliphatic carbocycles. The van der Waals surface area contributed by atoms with Gasteiger partial charge in [0.15, 0.2) is 0 Å². The van der Waals surface area contributed by atoms with Gasteiger partial charge in [-0.25, -0.2) is 0 Å². The van der Waals surface area contributed by atoms with E-state index in [1.54, 1.807) is 19.1 Å². The summed E-state index contributed by atoms with van der Waals surface area (Å²) in [6, 6.07) is 6.04. The first kappa shape index (κ1) is 9.16. The van der Waals surface area contributed by atoms with E-state index in [-0.39, 0.29) is 5.69 Å². The number of nitro groups is 1. The predicted molar refractivity (Wildman–Crippen MR) is 49.9 cm³/mol. The third-order valence-corrected chi connectivity index (χ3v) is 1.70. The third kappa shape index (κ3) is 2.01. The Hall–Kier alpha value is -1.93. The zero-order chi connectivity index (χ0) is 9.84. The maximum Gasteiger partial charge on any atom is 0.269 e. The van der Waals surface area contributed by atoms with Crippen molar-refractivity contribution >= 4 is 17.1 Å². The molecule has 4 heteroatoms. The van der Waals surface area contributed by atoms with Gasteiger partial charge in [0.1, 0.15) is 0 Å². The van der Waals surface area contributed by atoms with Gasteiger partial charge in [0.25, 0.3) is 5.69 Å². The van der Waals surface area contributed by atoms with Crippen molar-refractivity contribution in [2.75, 3.05) is 0 Å². The Balaban J connectivity index is 3.07. The van der Waals surface area contributed by atoms with E-state index in [1.165, 1.54) is 12.1 Å². The lowest BCUT2D eigenvalue weighted by atomic mass is 10.1. The van der Waals surface area contributed by atoms with Crippen LogP contribution in [0.1, 0.15) is 12.5 Å². The molecule has 1 aromatic rings. The standard InChI is InChI=1S/C9H8N2O2/c1-7(6-10)8-2-4-9(5-3-8)11(12)13/h2-5,10H,1H3. The van der Waals surface area contributed by atoms with Crippen LogP contribution in [-0.4, -0.2) is 10.8 Å². The molecule has 0 atom stereocenters. The maximum absolute atomic E-state index is 10.3. The fourth-order valence-corrected chi connectivity index (χ4v) is 0.905. The summed E-state index contributed by atoms with van der Waals surface area (Å²) in [6.45, 7) is 1.73. The molecule has 0 fully saturated rings. The third-order valence-electron chi connectivity index (χ3n) is 1.70. The van der Waals surface area contributed by atoms with Crippen LogP contribution in [0.3, 0.4) is 0 Å². The molecule has 0 spiro atoms. The molecule has 0 amide bonds. The molecular weight excluding hydrogens is 168 g/mol. The Morgan fingerprint density at radius 2 is 2.00 bits per heavy atom. The van der Waals surface area contributed by atoms with Crippen molar-refractivity contribution in [3.8, 4) is 0 Å². The Morgan fingerprint density at radius 1 is 1.46 bits per heavy atom. The Morgan fingerprint density at radius 3 is 2.38 bits per heavy atom. The first-order valence-corrected chi connectivity index (χ1v) is 3.66. The van der Waals surface area contributed by atoms with Gasteiger partial charge in [-0.1, -0.05) is 0 Å². The van der Waals surface area contributed by atoms with Gasteiger partial charge in [-0.3, -0.25) is 15.5 Å². The number of nitrogens with one attached hydrogen (secondary N) is 1. The molecule has 13 heavy (non-hydrogen) atoms. The summed E-state index contributed by atoms with van der Waals surface area (Å²) in [5, 5.41) is 17.2. The summed E-state index contributed by atoms with van der Waals surface area (Å²) in [7, 11) is 0. The van der Waals surface area contributed by atoms with Crippen molar-refractivity contribution in [3.63, 3.8) is 0 Å². The van der Waals surface area contributed by atoms with Crippen molar-refractivity contribution in [1.82, 2.24) is 0 Å². The molecule has 4 nitrogen and oxygen atoms in total. The highest BCUT2D eigenvalue weighted by atomic mass is 16.6. The first-order chi connectivity index (χ1) is 6.15. The van der Waals surface area contributed by atoms with Crippen LogP contribution in [-0.2, 0) is 0 Å². The molecule has 0 aliphatic heterocycles. The summed E-state index contributed by atoms with van der Waals surface area (Å²) < 4.78 is 0. The summed E-state index contributed by atoms with van der Waals surface area (Å²) >= 11 is 0. The SMILES string of the molecule is CC(=C=N)c1ccc([N+](=O)[O-])cc1. The Labute approximate surface area is 75.2 Å². The number of hydrogen-bond acceptors (Lipinski definition) is 3. The second kappa shape index (κ2) is 3.65. The Bertz CT molecular complexity index is 375. The van der Waals surface area contributed by atoms with Gasteiger partial charge in [-0.15, -0.1) is 0 Å². The average molecular weight is 176 g/mol. The highest BCUT2D eigenvalue weighted by molar-refractivity contribution is 5.87. The van der Waals surface area contributed by atoms with Gasteiger partial charge >= 0.3 is 0 Å². The minimum Gasteiger partial charge on any atom is -0.258 e. The molecule has 0 bridgehead atoms. The van der Waals surface area contributed by atoms with Gasteiger partial charge in [0.2, 0.25) is 0 Å². The van der Waals surface area contributed by atoms with Crippen LogP contribution < -0.4 is 0 Å². The number of benzene rings is 1. The van der Waals surface area contributed by atoms with Gasteiger partial charge in [0.05, 0.1) is 4.92 Å². The smallest absolute Gasteiger partial charge is 0.258 e. The minimum absolute atomic E-state index is 0.0570. The number of nitrogens with zero attached hydrogens (tertiary/aromatic N) is 1. The van der Waals surface area contributed by atoms with E-state index in [2.05, 4.69) is 5.87 Å². The molecule has 0 aromatic heterocycles. The highest BCUT2D eigenvalue weighted by Gasteiger charge is 2.03. The monoisotopic (exact) mass is 176 g/mol. The van der Waals surface area contributed by atoms with E-state index in [0.717, 1.165) is 5.56 Å². The lowest BCUT2D eigenvalue weighted by Crippen LogP contribution is -1.87. The molecule has 1 rings (SSSR count). The largest absolute Gasteiger partial charge is 0.269 e. The predicted octanol–water partition coefficient (Wildman–Crippen LogP) is 2.25. The molecule has 1 aromatic carbocycles.